The first-order chi connectivity index (χ1) is 11.1. The molecule has 3 rings (SSSR count). The second-order valence-electron chi connectivity index (χ2n) is 5.17. The van der Waals surface area contributed by atoms with Crippen LogP contribution in [0.3, 0.4) is 0 Å². The Labute approximate surface area is 133 Å². The quantitative estimate of drug-likeness (QED) is 0.509. The van der Waals surface area contributed by atoms with Gasteiger partial charge in [-0.05, 0) is 35.9 Å². The number of rotatable bonds is 3. The van der Waals surface area contributed by atoms with Crippen molar-refractivity contribution in [2.75, 3.05) is 11.1 Å². The fourth-order valence-corrected chi connectivity index (χ4v) is 2.36. The summed E-state index contributed by atoms with van der Waals surface area (Å²) in [4.78, 5) is 12.1. The van der Waals surface area contributed by atoms with E-state index in [2.05, 4.69) is 5.32 Å². The molecule has 0 saturated carbocycles. The highest BCUT2D eigenvalue weighted by Gasteiger charge is 2.05. The Bertz CT molecular complexity index is 884. The number of phenols is 1. The predicted octanol–water partition coefficient (Wildman–Crippen LogP) is 3.78. The number of phenolic OH excluding ortho intramolecular Hbond substituents is 1. The second-order valence-corrected chi connectivity index (χ2v) is 5.17. The summed E-state index contributed by atoms with van der Waals surface area (Å²) in [5.41, 5.74) is 7.86. The maximum atomic E-state index is 12.1. The predicted molar refractivity (Wildman–Crippen MR) is 94.1 cm³/mol. The Morgan fingerprint density at radius 1 is 0.957 bits per heavy atom. The molecule has 4 nitrogen and oxygen atoms in total. The van der Waals surface area contributed by atoms with Gasteiger partial charge in [-0.1, -0.05) is 36.4 Å². The van der Waals surface area contributed by atoms with Crippen LogP contribution in [0.15, 0.2) is 66.7 Å². The molecule has 114 valence electrons. The number of nitrogens with one attached hydrogen (secondary N) is 1. The van der Waals surface area contributed by atoms with Gasteiger partial charge in [0.25, 0.3) is 0 Å². The number of amides is 1. The second kappa shape index (κ2) is 6.23. The average Bonchev–Trinajstić information content (AvgIpc) is 2.55. The highest BCUT2D eigenvalue weighted by molar-refractivity contribution is 6.08. The number of hydrogen-bond donors (Lipinski definition) is 3. The molecule has 3 aromatic carbocycles. The van der Waals surface area contributed by atoms with Gasteiger partial charge in [-0.15, -0.1) is 0 Å². The van der Waals surface area contributed by atoms with Crippen molar-refractivity contribution in [3.8, 4) is 5.75 Å². The van der Waals surface area contributed by atoms with Gasteiger partial charge in [0.2, 0.25) is 5.91 Å². The smallest absolute Gasteiger partial charge is 0.248 e. The Morgan fingerprint density at radius 2 is 1.65 bits per heavy atom. The zero-order chi connectivity index (χ0) is 16.2. The number of fused-ring (bicyclic) bond motifs is 1. The van der Waals surface area contributed by atoms with Crippen molar-refractivity contribution in [3.63, 3.8) is 0 Å². The molecule has 0 unspecified atom stereocenters. The normalized spacial score (nSPS) is 11.0. The molecule has 0 radical (unpaired) electrons. The third-order valence-electron chi connectivity index (χ3n) is 3.52. The molecule has 0 aromatic heterocycles. The van der Waals surface area contributed by atoms with Gasteiger partial charge < -0.3 is 16.2 Å². The summed E-state index contributed by atoms with van der Waals surface area (Å²) in [5, 5.41) is 14.2. The molecule has 0 spiro atoms. The van der Waals surface area contributed by atoms with Gasteiger partial charge in [0, 0.05) is 28.2 Å². The van der Waals surface area contributed by atoms with E-state index in [4.69, 9.17) is 5.73 Å². The van der Waals surface area contributed by atoms with Crippen molar-refractivity contribution in [1.82, 2.24) is 0 Å². The van der Waals surface area contributed by atoms with Crippen molar-refractivity contribution >= 4 is 34.1 Å². The molecule has 0 fully saturated rings. The van der Waals surface area contributed by atoms with Crippen LogP contribution in [0, 0.1) is 0 Å². The van der Waals surface area contributed by atoms with Crippen LogP contribution < -0.4 is 11.1 Å². The summed E-state index contributed by atoms with van der Waals surface area (Å²) < 4.78 is 0. The Morgan fingerprint density at radius 3 is 2.43 bits per heavy atom. The molecule has 0 aliphatic rings. The van der Waals surface area contributed by atoms with Crippen LogP contribution in [0.4, 0.5) is 11.4 Å². The molecule has 23 heavy (non-hydrogen) atoms. The van der Waals surface area contributed by atoms with E-state index in [0.29, 0.717) is 16.8 Å². The highest BCUT2D eigenvalue weighted by Crippen LogP contribution is 2.29. The van der Waals surface area contributed by atoms with Crippen molar-refractivity contribution in [3.05, 3.63) is 72.3 Å². The fraction of sp³-hybridized carbons (Fsp3) is 0. The van der Waals surface area contributed by atoms with Crippen LogP contribution >= 0.6 is 0 Å². The zero-order valence-corrected chi connectivity index (χ0v) is 12.4. The van der Waals surface area contributed by atoms with Crippen molar-refractivity contribution < 1.29 is 9.90 Å². The topological polar surface area (TPSA) is 75.4 Å². The highest BCUT2D eigenvalue weighted by atomic mass is 16.3. The van der Waals surface area contributed by atoms with E-state index in [0.717, 1.165) is 10.9 Å². The Balaban J connectivity index is 1.80. The summed E-state index contributed by atoms with van der Waals surface area (Å²) in [7, 11) is 0. The van der Waals surface area contributed by atoms with Gasteiger partial charge in [-0.2, -0.15) is 0 Å². The minimum absolute atomic E-state index is 0.191. The molecule has 3 aromatic rings. The molecule has 0 bridgehead atoms. The lowest BCUT2D eigenvalue weighted by atomic mass is 10.1. The number of hydrogen-bond acceptors (Lipinski definition) is 3. The number of nitrogen functional groups attached to an aromatic ring is 1. The first kappa shape index (κ1) is 14.7. The molecule has 0 aliphatic carbocycles. The third kappa shape index (κ3) is 3.32. The largest absolute Gasteiger partial charge is 0.507 e. The van der Waals surface area contributed by atoms with Crippen LogP contribution in [-0.4, -0.2) is 11.0 Å². The number of aromatic hydroxyl groups is 1. The van der Waals surface area contributed by atoms with Crippen LogP contribution in [0.5, 0.6) is 5.75 Å². The maximum absolute atomic E-state index is 12.1. The van der Waals surface area contributed by atoms with Gasteiger partial charge in [0.1, 0.15) is 5.75 Å². The van der Waals surface area contributed by atoms with E-state index in [-0.39, 0.29) is 11.7 Å². The number of anilines is 2. The molecular formula is C19H16N2O2. The summed E-state index contributed by atoms with van der Waals surface area (Å²) in [5.74, 6) is -0.0475. The monoisotopic (exact) mass is 304 g/mol. The zero-order valence-electron chi connectivity index (χ0n) is 12.4. The van der Waals surface area contributed by atoms with E-state index >= 15 is 0 Å². The summed E-state index contributed by atoms with van der Waals surface area (Å²) in [6.45, 7) is 0. The van der Waals surface area contributed by atoms with Gasteiger partial charge in [-0.25, -0.2) is 0 Å². The van der Waals surface area contributed by atoms with Crippen molar-refractivity contribution in [1.29, 1.82) is 0 Å². The number of benzene rings is 3. The van der Waals surface area contributed by atoms with Crippen LogP contribution in [0.1, 0.15) is 5.56 Å². The van der Waals surface area contributed by atoms with Gasteiger partial charge in [0.15, 0.2) is 0 Å². The van der Waals surface area contributed by atoms with E-state index in [9.17, 15) is 9.90 Å². The minimum atomic E-state index is -0.238. The lowest BCUT2D eigenvalue weighted by molar-refractivity contribution is -0.111. The molecule has 0 aliphatic heterocycles. The van der Waals surface area contributed by atoms with E-state index in [1.807, 2.05) is 24.3 Å². The molecule has 1 amide bonds. The summed E-state index contributed by atoms with van der Waals surface area (Å²) in [6.07, 6.45) is 3.19. The standard InChI is InChI=1S/C19H16N2O2/c20-14-10-7-13(8-11-14)9-12-19(23)21-17-5-1-4-16-15(17)3-2-6-18(16)22/h1-12,22H,20H2,(H,21,23)/b12-9+. The Hall–Kier alpha value is -3.27. The summed E-state index contributed by atoms with van der Waals surface area (Å²) >= 11 is 0. The Kier molecular flexibility index (Phi) is 3.97. The lowest BCUT2D eigenvalue weighted by Gasteiger charge is -2.08. The van der Waals surface area contributed by atoms with E-state index in [1.54, 1.807) is 42.5 Å². The van der Waals surface area contributed by atoms with Crippen molar-refractivity contribution in [2.24, 2.45) is 0 Å². The molecular weight excluding hydrogens is 288 g/mol. The van der Waals surface area contributed by atoms with Crippen LogP contribution in [-0.2, 0) is 4.79 Å². The molecule has 4 heteroatoms. The van der Waals surface area contributed by atoms with Gasteiger partial charge in [-0.3, -0.25) is 4.79 Å². The first-order valence-electron chi connectivity index (χ1n) is 7.19. The van der Waals surface area contributed by atoms with Crippen LogP contribution in [0.25, 0.3) is 16.8 Å². The van der Waals surface area contributed by atoms with Crippen LogP contribution in [0.2, 0.25) is 0 Å². The number of carbonyl (C=O) groups excluding carboxylic acids is 1. The first-order valence-corrected chi connectivity index (χ1v) is 7.19. The van der Waals surface area contributed by atoms with Crippen molar-refractivity contribution in [2.45, 2.75) is 0 Å². The molecule has 0 atom stereocenters. The summed E-state index contributed by atoms with van der Waals surface area (Å²) in [6, 6.07) is 17.9. The number of carbonyl (C=O) groups is 1. The SMILES string of the molecule is Nc1ccc(/C=C/C(=O)Nc2cccc3c(O)cccc23)cc1. The molecule has 0 heterocycles. The number of nitrogens with two attached hydrogens (primary N) is 1. The third-order valence-corrected chi connectivity index (χ3v) is 3.52. The van der Waals surface area contributed by atoms with Gasteiger partial charge >= 0.3 is 0 Å². The van der Waals surface area contributed by atoms with E-state index < -0.39 is 0 Å². The lowest BCUT2D eigenvalue weighted by Crippen LogP contribution is -2.08. The maximum Gasteiger partial charge on any atom is 0.248 e. The van der Waals surface area contributed by atoms with E-state index in [1.165, 1.54) is 6.08 Å². The molecule has 0 saturated heterocycles. The fourth-order valence-electron chi connectivity index (χ4n) is 2.36. The average molecular weight is 304 g/mol. The van der Waals surface area contributed by atoms with Gasteiger partial charge in [0.05, 0.1) is 0 Å². The molecule has 4 N–H and O–H groups in total. The minimum Gasteiger partial charge on any atom is -0.507 e.